The molecule has 1 rings (SSSR count). The van der Waals surface area contributed by atoms with Gasteiger partial charge in [-0.25, -0.2) is 4.68 Å². The van der Waals surface area contributed by atoms with E-state index >= 15 is 0 Å². The fraction of sp³-hybridized carbons (Fsp3) is 0.875. The first-order valence-corrected chi connectivity index (χ1v) is 7.89. The average Bonchev–Trinajstić information content (AvgIpc) is 2.86. The average molecular weight is 297 g/mol. The zero-order chi connectivity index (χ0) is 15.9. The molecule has 0 N–H and O–H groups in total. The summed E-state index contributed by atoms with van der Waals surface area (Å²) >= 11 is 0. The Morgan fingerprint density at radius 3 is 2.33 bits per heavy atom. The van der Waals surface area contributed by atoms with Crippen molar-refractivity contribution in [1.82, 2.24) is 15.0 Å². The molecule has 0 radical (unpaired) electrons. The molecule has 1 heterocycles. The largest absolute Gasteiger partial charge is 0.379 e. The Morgan fingerprint density at radius 2 is 1.76 bits per heavy atom. The molecule has 0 atom stereocenters. The van der Waals surface area contributed by atoms with Crippen molar-refractivity contribution in [1.29, 1.82) is 0 Å². The molecule has 1 aromatic rings. The van der Waals surface area contributed by atoms with Gasteiger partial charge in [0.25, 0.3) is 0 Å². The lowest BCUT2D eigenvalue weighted by molar-refractivity contribution is 0.0259. The van der Waals surface area contributed by atoms with E-state index in [4.69, 9.17) is 9.47 Å². The maximum atomic E-state index is 5.63. The third-order valence-corrected chi connectivity index (χ3v) is 4.16. The monoisotopic (exact) mass is 297 g/mol. The first-order valence-electron chi connectivity index (χ1n) is 7.89. The molecule has 0 unspecified atom stereocenters. The highest BCUT2D eigenvalue weighted by molar-refractivity contribution is 4.90. The number of aromatic nitrogens is 3. The van der Waals surface area contributed by atoms with Gasteiger partial charge < -0.3 is 9.47 Å². The molecule has 21 heavy (non-hydrogen) atoms. The highest BCUT2D eigenvalue weighted by atomic mass is 16.5. The Kier molecular flexibility index (Phi) is 7.32. The van der Waals surface area contributed by atoms with E-state index in [1.165, 1.54) is 0 Å². The van der Waals surface area contributed by atoms with Crippen molar-refractivity contribution in [3.8, 4) is 0 Å². The minimum atomic E-state index is 0.330. The van der Waals surface area contributed by atoms with Crippen LogP contribution in [0.3, 0.4) is 0 Å². The predicted molar refractivity (Wildman–Crippen MR) is 84.1 cm³/mol. The summed E-state index contributed by atoms with van der Waals surface area (Å²) in [5.74, 6) is 0.668. The van der Waals surface area contributed by atoms with E-state index in [-0.39, 0.29) is 0 Å². The summed E-state index contributed by atoms with van der Waals surface area (Å²) in [5, 5.41) is 8.11. The fourth-order valence-electron chi connectivity index (χ4n) is 1.65. The summed E-state index contributed by atoms with van der Waals surface area (Å²) in [4.78, 5) is 0. The van der Waals surface area contributed by atoms with Crippen LogP contribution in [-0.4, -0.2) is 34.8 Å². The van der Waals surface area contributed by atoms with Crippen LogP contribution in [0.15, 0.2) is 6.20 Å². The van der Waals surface area contributed by atoms with Crippen LogP contribution in [0.4, 0.5) is 0 Å². The molecule has 0 amide bonds. The lowest BCUT2D eigenvalue weighted by atomic mass is 9.79. The van der Waals surface area contributed by atoms with Gasteiger partial charge in [-0.1, -0.05) is 32.9 Å². The van der Waals surface area contributed by atoms with Crippen LogP contribution in [-0.2, 0) is 16.1 Å². The molecule has 0 saturated heterocycles. The molecule has 122 valence electrons. The van der Waals surface area contributed by atoms with Crippen molar-refractivity contribution < 1.29 is 9.47 Å². The van der Waals surface area contributed by atoms with Crippen LogP contribution in [0.2, 0.25) is 0 Å². The minimum absolute atomic E-state index is 0.330. The predicted octanol–water partition coefficient (Wildman–Crippen LogP) is 3.46. The van der Waals surface area contributed by atoms with Crippen molar-refractivity contribution >= 4 is 0 Å². The van der Waals surface area contributed by atoms with Gasteiger partial charge in [-0.3, -0.25) is 0 Å². The van der Waals surface area contributed by atoms with Crippen LogP contribution in [0.5, 0.6) is 0 Å². The van der Waals surface area contributed by atoms with Crippen LogP contribution in [0.25, 0.3) is 0 Å². The van der Waals surface area contributed by atoms with E-state index in [1.54, 1.807) is 0 Å². The Morgan fingerprint density at radius 1 is 1.10 bits per heavy atom. The highest BCUT2D eigenvalue weighted by Crippen LogP contribution is 2.29. The van der Waals surface area contributed by atoms with Gasteiger partial charge in [0.15, 0.2) is 0 Å². The fourth-order valence-corrected chi connectivity index (χ4v) is 1.65. The zero-order valence-corrected chi connectivity index (χ0v) is 14.4. The van der Waals surface area contributed by atoms with Gasteiger partial charge in [0.2, 0.25) is 0 Å². The topological polar surface area (TPSA) is 49.2 Å². The summed E-state index contributed by atoms with van der Waals surface area (Å²) in [6.07, 6.45) is 3.00. The Balaban J connectivity index is 2.07. The summed E-state index contributed by atoms with van der Waals surface area (Å²) in [7, 11) is 0. The molecule has 0 aliphatic heterocycles. The van der Waals surface area contributed by atoms with Crippen LogP contribution in [0, 0.1) is 11.3 Å². The molecule has 0 saturated carbocycles. The molecule has 0 aliphatic rings. The standard InChI is InChI=1S/C16H31N3O2/c1-13(2)16(5,6)7-8-20-9-10-21-12-15-11-19(14(3)4)18-17-15/h11,13-14H,7-10,12H2,1-6H3. The molecule has 0 fully saturated rings. The minimum Gasteiger partial charge on any atom is -0.379 e. The second-order valence-corrected chi connectivity index (χ2v) is 6.84. The molecule has 1 aromatic heterocycles. The van der Waals surface area contributed by atoms with Gasteiger partial charge in [-0.05, 0) is 31.6 Å². The summed E-state index contributed by atoms with van der Waals surface area (Å²) in [5.41, 5.74) is 1.19. The summed E-state index contributed by atoms with van der Waals surface area (Å²) in [6.45, 7) is 15.7. The quantitative estimate of drug-likeness (QED) is 0.621. The molecule has 0 bridgehead atoms. The number of rotatable bonds is 10. The first-order chi connectivity index (χ1) is 9.83. The number of ether oxygens (including phenoxy) is 2. The summed E-state index contributed by atoms with van der Waals surface area (Å²) < 4.78 is 13.0. The first kappa shape index (κ1) is 18.1. The number of nitrogens with zero attached hydrogens (tertiary/aromatic N) is 3. The second-order valence-electron chi connectivity index (χ2n) is 6.84. The van der Waals surface area contributed by atoms with E-state index in [1.807, 2.05) is 10.9 Å². The van der Waals surface area contributed by atoms with Crippen LogP contribution >= 0.6 is 0 Å². The lowest BCUT2D eigenvalue weighted by Gasteiger charge is -2.28. The second kappa shape index (κ2) is 8.49. The van der Waals surface area contributed by atoms with E-state index in [2.05, 4.69) is 51.9 Å². The lowest BCUT2D eigenvalue weighted by Crippen LogP contribution is -2.21. The zero-order valence-electron chi connectivity index (χ0n) is 14.4. The maximum Gasteiger partial charge on any atom is 0.108 e. The van der Waals surface area contributed by atoms with Gasteiger partial charge in [-0.15, -0.1) is 5.10 Å². The van der Waals surface area contributed by atoms with Gasteiger partial charge in [0.05, 0.1) is 26.0 Å². The summed E-state index contributed by atoms with van der Waals surface area (Å²) in [6, 6.07) is 0.332. The SMILES string of the molecule is CC(C)n1cc(COCCOCCC(C)(C)C(C)C)nn1. The normalized spacial score (nSPS) is 12.6. The van der Waals surface area contributed by atoms with Crippen molar-refractivity contribution in [3.05, 3.63) is 11.9 Å². The Hall–Kier alpha value is -0.940. The Labute approximate surface area is 129 Å². The van der Waals surface area contributed by atoms with Gasteiger partial charge in [-0.2, -0.15) is 0 Å². The van der Waals surface area contributed by atoms with Gasteiger partial charge in [0, 0.05) is 12.6 Å². The molecule has 0 aromatic carbocycles. The molecule has 5 nitrogen and oxygen atoms in total. The number of hydrogen-bond acceptors (Lipinski definition) is 4. The third-order valence-electron chi connectivity index (χ3n) is 4.16. The smallest absolute Gasteiger partial charge is 0.108 e. The molecule has 0 aliphatic carbocycles. The molecule has 0 spiro atoms. The molecular weight excluding hydrogens is 266 g/mol. The van der Waals surface area contributed by atoms with Gasteiger partial charge >= 0.3 is 0 Å². The van der Waals surface area contributed by atoms with E-state index in [0.29, 0.717) is 37.2 Å². The molecule has 5 heteroatoms. The van der Waals surface area contributed by atoms with E-state index in [0.717, 1.165) is 18.7 Å². The van der Waals surface area contributed by atoms with Crippen molar-refractivity contribution in [2.45, 2.75) is 60.6 Å². The molecular formula is C16H31N3O2. The van der Waals surface area contributed by atoms with Crippen LogP contribution in [0.1, 0.15) is 59.7 Å². The Bertz CT molecular complexity index is 400. The van der Waals surface area contributed by atoms with E-state index < -0.39 is 0 Å². The highest BCUT2D eigenvalue weighted by Gasteiger charge is 2.21. The van der Waals surface area contributed by atoms with Crippen molar-refractivity contribution in [3.63, 3.8) is 0 Å². The van der Waals surface area contributed by atoms with E-state index in [9.17, 15) is 0 Å². The van der Waals surface area contributed by atoms with Gasteiger partial charge in [0.1, 0.15) is 5.69 Å². The van der Waals surface area contributed by atoms with Crippen molar-refractivity contribution in [2.75, 3.05) is 19.8 Å². The third kappa shape index (κ3) is 6.57. The maximum absolute atomic E-state index is 5.63. The van der Waals surface area contributed by atoms with Crippen LogP contribution < -0.4 is 0 Å². The number of hydrogen-bond donors (Lipinski definition) is 0. The van der Waals surface area contributed by atoms with Crippen molar-refractivity contribution in [2.24, 2.45) is 11.3 Å².